The molecule has 1 aromatic carbocycles. The SMILES string of the molecule is CCN(CC)Cc1cccc(NS(=O)(=O)CCCl)c1. The molecule has 0 heterocycles. The monoisotopic (exact) mass is 304 g/mol. The summed E-state index contributed by atoms with van der Waals surface area (Å²) in [5.74, 6) is 0.0172. The van der Waals surface area contributed by atoms with Crippen molar-refractivity contribution in [3.63, 3.8) is 0 Å². The second-order valence-electron chi connectivity index (χ2n) is 4.27. The Hall–Kier alpha value is -0.780. The molecule has 0 aliphatic heterocycles. The molecule has 0 bridgehead atoms. The van der Waals surface area contributed by atoms with E-state index in [0.717, 1.165) is 25.2 Å². The summed E-state index contributed by atoms with van der Waals surface area (Å²) < 4.78 is 25.8. The average Bonchev–Trinajstić information content (AvgIpc) is 2.35. The molecule has 19 heavy (non-hydrogen) atoms. The predicted octanol–water partition coefficient (Wildman–Crippen LogP) is 2.51. The van der Waals surface area contributed by atoms with Crippen LogP contribution in [0.25, 0.3) is 0 Å². The fourth-order valence-electron chi connectivity index (χ4n) is 1.77. The van der Waals surface area contributed by atoms with Gasteiger partial charge in [-0.3, -0.25) is 9.62 Å². The molecule has 0 aromatic heterocycles. The van der Waals surface area contributed by atoms with E-state index in [9.17, 15) is 8.42 Å². The summed E-state index contributed by atoms with van der Waals surface area (Å²) in [6.07, 6.45) is 0. The Balaban J connectivity index is 2.77. The van der Waals surface area contributed by atoms with Gasteiger partial charge in [-0.15, -0.1) is 11.6 Å². The molecule has 0 unspecified atom stereocenters. The maximum Gasteiger partial charge on any atom is 0.233 e. The number of halogens is 1. The maximum atomic E-state index is 11.6. The van der Waals surface area contributed by atoms with Gasteiger partial charge in [0.1, 0.15) is 0 Å². The standard InChI is InChI=1S/C13H21ClN2O2S/c1-3-16(4-2)11-12-6-5-7-13(10-12)15-19(17,18)9-8-14/h5-7,10,15H,3-4,8-9,11H2,1-2H3. The molecule has 1 aromatic rings. The van der Waals surface area contributed by atoms with Crippen molar-refractivity contribution in [3.8, 4) is 0 Å². The number of hydrogen-bond donors (Lipinski definition) is 1. The number of nitrogens with zero attached hydrogens (tertiary/aromatic N) is 1. The van der Waals surface area contributed by atoms with E-state index in [1.807, 2.05) is 18.2 Å². The molecular formula is C13H21ClN2O2S. The zero-order valence-corrected chi connectivity index (χ0v) is 13.0. The Morgan fingerprint density at radius 2 is 1.95 bits per heavy atom. The van der Waals surface area contributed by atoms with Crippen molar-refractivity contribution in [3.05, 3.63) is 29.8 Å². The summed E-state index contributed by atoms with van der Waals surface area (Å²) in [7, 11) is -3.34. The van der Waals surface area contributed by atoms with Gasteiger partial charge >= 0.3 is 0 Å². The Kier molecular flexibility index (Phi) is 6.62. The molecule has 0 radical (unpaired) electrons. The zero-order valence-electron chi connectivity index (χ0n) is 11.4. The molecule has 108 valence electrons. The fourth-order valence-corrected chi connectivity index (χ4v) is 3.17. The molecular weight excluding hydrogens is 284 g/mol. The molecule has 0 spiro atoms. The number of benzene rings is 1. The molecule has 4 nitrogen and oxygen atoms in total. The van der Waals surface area contributed by atoms with Gasteiger partial charge in [0, 0.05) is 18.1 Å². The number of anilines is 1. The lowest BCUT2D eigenvalue weighted by molar-refractivity contribution is 0.296. The van der Waals surface area contributed by atoms with E-state index >= 15 is 0 Å². The van der Waals surface area contributed by atoms with Crippen LogP contribution in [0.2, 0.25) is 0 Å². The molecule has 6 heteroatoms. The summed E-state index contributed by atoms with van der Waals surface area (Å²) >= 11 is 5.46. The summed E-state index contributed by atoms with van der Waals surface area (Å²) in [6, 6.07) is 7.47. The number of hydrogen-bond acceptors (Lipinski definition) is 3. The summed E-state index contributed by atoms with van der Waals surface area (Å²) in [6.45, 7) is 6.97. The number of sulfonamides is 1. The quantitative estimate of drug-likeness (QED) is 0.751. The minimum atomic E-state index is -3.34. The van der Waals surface area contributed by atoms with E-state index in [-0.39, 0.29) is 11.6 Å². The van der Waals surface area contributed by atoms with Gasteiger partial charge in [-0.05, 0) is 30.8 Å². The van der Waals surface area contributed by atoms with Gasteiger partial charge in [-0.1, -0.05) is 26.0 Å². The van der Waals surface area contributed by atoms with Crippen LogP contribution in [0.1, 0.15) is 19.4 Å². The molecule has 0 aliphatic rings. The highest BCUT2D eigenvalue weighted by Crippen LogP contribution is 2.14. The Labute approximate surface area is 120 Å². The number of alkyl halides is 1. The van der Waals surface area contributed by atoms with Gasteiger partial charge in [0.2, 0.25) is 10.0 Å². The van der Waals surface area contributed by atoms with Crippen LogP contribution in [0.3, 0.4) is 0 Å². The first-order valence-electron chi connectivity index (χ1n) is 6.38. The topological polar surface area (TPSA) is 49.4 Å². The third-order valence-electron chi connectivity index (χ3n) is 2.85. The second-order valence-corrected chi connectivity index (χ2v) is 6.49. The zero-order chi connectivity index (χ0) is 14.3. The molecule has 0 fully saturated rings. The second kappa shape index (κ2) is 7.72. The van der Waals surface area contributed by atoms with Gasteiger partial charge in [0.25, 0.3) is 0 Å². The molecule has 0 saturated heterocycles. The molecule has 0 aliphatic carbocycles. The normalized spacial score (nSPS) is 11.8. The van der Waals surface area contributed by atoms with Crippen molar-refractivity contribution >= 4 is 27.3 Å². The van der Waals surface area contributed by atoms with Crippen LogP contribution in [0, 0.1) is 0 Å². The van der Waals surface area contributed by atoms with Crippen LogP contribution in [0.4, 0.5) is 5.69 Å². The molecule has 0 atom stereocenters. The van der Waals surface area contributed by atoms with E-state index in [0.29, 0.717) is 5.69 Å². The van der Waals surface area contributed by atoms with Crippen molar-refractivity contribution in [2.45, 2.75) is 20.4 Å². The lowest BCUT2D eigenvalue weighted by Crippen LogP contribution is -2.22. The van der Waals surface area contributed by atoms with Crippen molar-refractivity contribution in [2.24, 2.45) is 0 Å². The lowest BCUT2D eigenvalue weighted by atomic mass is 10.2. The largest absolute Gasteiger partial charge is 0.300 e. The van der Waals surface area contributed by atoms with Gasteiger partial charge < -0.3 is 0 Å². The van der Waals surface area contributed by atoms with Crippen molar-refractivity contribution in [2.75, 3.05) is 29.4 Å². The minimum absolute atomic E-state index is 0.0746. The highest BCUT2D eigenvalue weighted by molar-refractivity contribution is 7.92. The third kappa shape index (κ3) is 5.80. The van der Waals surface area contributed by atoms with E-state index in [4.69, 9.17) is 11.6 Å². The van der Waals surface area contributed by atoms with E-state index in [1.54, 1.807) is 6.07 Å². The average molecular weight is 305 g/mol. The number of rotatable bonds is 8. The maximum absolute atomic E-state index is 11.6. The Bertz CT molecular complexity index is 487. The smallest absolute Gasteiger partial charge is 0.233 e. The highest BCUT2D eigenvalue weighted by atomic mass is 35.5. The summed E-state index contributed by atoms with van der Waals surface area (Å²) in [5.41, 5.74) is 1.68. The Morgan fingerprint density at radius 1 is 1.26 bits per heavy atom. The van der Waals surface area contributed by atoms with Crippen LogP contribution in [-0.4, -0.2) is 38.0 Å². The van der Waals surface area contributed by atoms with Gasteiger partial charge in [0.15, 0.2) is 0 Å². The Morgan fingerprint density at radius 3 is 2.53 bits per heavy atom. The first-order valence-corrected chi connectivity index (χ1v) is 8.57. The van der Waals surface area contributed by atoms with Crippen LogP contribution < -0.4 is 4.72 Å². The fraction of sp³-hybridized carbons (Fsp3) is 0.538. The van der Waals surface area contributed by atoms with E-state index in [2.05, 4.69) is 23.5 Å². The molecule has 0 saturated carbocycles. The molecule has 1 rings (SSSR count). The van der Waals surface area contributed by atoms with Crippen LogP contribution in [0.5, 0.6) is 0 Å². The van der Waals surface area contributed by atoms with Gasteiger partial charge in [-0.2, -0.15) is 0 Å². The van der Waals surface area contributed by atoms with Crippen LogP contribution in [-0.2, 0) is 16.6 Å². The van der Waals surface area contributed by atoms with Crippen molar-refractivity contribution in [1.29, 1.82) is 0 Å². The highest BCUT2D eigenvalue weighted by Gasteiger charge is 2.10. The van der Waals surface area contributed by atoms with E-state index in [1.165, 1.54) is 0 Å². The minimum Gasteiger partial charge on any atom is -0.300 e. The first-order chi connectivity index (χ1) is 9.00. The van der Waals surface area contributed by atoms with Crippen LogP contribution >= 0.6 is 11.6 Å². The third-order valence-corrected chi connectivity index (χ3v) is 4.55. The predicted molar refractivity (Wildman–Crippen MR) is 81.2 cm³/mol. The van der Waals surface area contributed by atoms with Gasteiger partial charge in [-0.25, -0.2) is 8.42 Å². The summed E-state index contributed by atoms with van der Waals surface area (Å²) in [5, 5.41) is 0. The van der Waals surface area contributed by atoms with Crippen molar-refractivity contribution < 1.29 is 8.42 Å². The summed E-state index contributed by atoms with van der Waals surface area (Å²) in [4.78, 5) is 2.27. The molecule has 0 amide bonds. The molecule has 1 N–H and O–H groups in total. The lowest BCUT2D eigenvalue weighted by Gasteiger charge is -2.18. The van der Waals surface area contributed by atoms with Crippen molar-refractivity contribution in [1.82, 2.24) is 4.90 Å². The van der Waals surface area contributed by atoms with Crippen LogP contribution in [0.15, 0.2) is 24.3 Å². The van der Waals surface area contributed by atoms with Gasteiger partial charge in [0.05, 0.1) is 5.75 Å². The van der Waals surface area contributed by atoms with E-state index < -0.39 is 10.0 Å². The number of nitrogens with one attached hydrogen (secondary N) is 1. The first kappa shape index (κ1) is 16.3.